The van der Waals surface area contributed by atoms with Crippen molar-refractivity contribution in [2.45, 2.75) is 26.4 Å². The van der Waals surface area contributed by atoms with E-state index in [-0.39, 0.29) is 11.9 Å². The highest BCUT2D eigenvalue weighted by Gasteiger charge is 2.18. The number of amides is 1. The van der Waals surface area contributed by atoms with Crippen LogP contribution in [0.5, 0.6) is 0 Å². The van der Waals surface area contributed by atoms with Crippen LogP contribution in [0.4, 0.5) is 19.6 Å². The molecule has 140 valence electrons. The van der Waals surface area contributed by atoms with Gasteiger partial charge in [0.05, 0.1) is 11.4 Å². The molecular formula is C20H19F2N3OS. The number of benzene rings is 2. The first-order chi connectivity index (χ1) is 13.0. The maximum absolute atomic E-state index is 13.4. The van der Waals surface area contributed by atoms with Crippen molar-refractivity contribution < 1.29 is 13.6 Å². The van der Waals surface area contributed by atoms with Crippen LogP contribution in [0.1, 0.15) is 31.1 Å². The fraction of sp³-hybridized carbons (Fsp3) is 0.200. The maximum atomic E-state index is 13.4. The predicted octanol–water partition coefficient (Wildman–Crippen LogP) is 4.96. The lowest BCUT2D eigenvalue weighted by atomic mass is 10.1. The Bertz CT molecular complexity index is 930. The molecule has 1 aromatic heterocycles. The van der Waals surface area contributed by atoms with E-state index in [0.29, 0.717) is 17.2 Å². The summed E-state index contributed by atoms with van der Waals surface area (Å²) in [6, 6.07) is 13.0. The van der Waals surface area contributed by atoms with Gasteiger partial charge in [-0.15, -0.1) is 11.3 Å². The van der Waals surface area contributed by atoms with Crippen molar-refractivity contribution in [3.8, 4) is 0 Å². The van der Waals surface area contributed by atoms with E-state index in [1.54, 1.807) is 11.0 Å². The van der Waals surface area contributed by atoms with Gasteiger partial charge in [0, 0.05) is 24.9 Å². The lowest BCUT2D eigenvalue weighted by Crippen LogP contribution is -2.23. The van der Waals surface area contributed by atoms with Gasteiger partial charge >= 0.3 is 0 Å². The van der Waals surface area contributed by atoms with Gasteiger partial charge in [0.2, 0.25) is 5.91 Å². The average molecular weight is 387 g/mol. The Morgan fingerprint density at radius 1 is 1.19 bits per heavy atom. The van der Waals surface area contributed by atoms with E-state index in [1.807, 2.05) is 42.6 Å². The molecule has 0 bridgehead atoms. The second-order valence-corrected chi connectivity index (χ2v) is 6.92. The van der Waals surface area contributed by atoms with E-state index in [9.17, 15) is 13.6 Å². The van der Waals surface area contributed by atoms with E-state index in [2.05, 4.69) is 10.3 Å². The Morgan fingerprint density at radius 2 is 1.93 bits per heavy atom. The number of carbonyl (C=O) groups is 1. The van der Waals surface area contributed by atoms with E-state index in [4.69, 9.17) is 0 Å². The van der Waals surface area contributed by atoms with Crippen molar-refractivity contribution in [3.05, 3.63) is 76.8 Å². The molecule has 0 aliphatic heterocycles. The average Bonchev–Trinajstić information content (AvgIpc) is 3.11. The van der Waals surface area contributed by atoms with Crippen LogP contribution in [0, 0.1) is 11.6 Å². The molecule has 2 aromatic carbocycles. The lowest BCUT2D eigenvalue weighted by Gasteiger charge is -2.17. The number of aromatic nitrogens is 1. The minimum absolute atomic E-state index is 0.120. The number of carbonyl (C=O) groups excluding carboxylic acids is 1. The molecule has 27 heavy (non-hydrogen) atoms. The molecule has 0 saturated heterocycles. The quantitative estimate of drug-likeness (QED) is 0.650. The van der Waals surface area contributed by atoms with Crippen molar-refractivity contribution in [2.24, 2.45) is 0 Å². The van der Waals surface area contributed by atoms with E-state index < -0.39 is 11.6 Å². The summed E-state index contributed by atoms with van der Waals surface area (Å²) in [5, 5.41) is 5.70. The summed E-state index contributed by atoms with van der Waals surface area (Å²) in [5.74, 6) is -1.84. The number of hydrogen-bond donors (Lipinski definition) is 1. The van der Waals surface area contributed by atoms with Crippen molar-refractivity contribution >= 4 is 28.1 Å². The third kappa shape index (κ3) is 4.56. The summed E-state index contributed by atoms with van der Waals surface area (Å²) in [6.07, 6.45) is 0. The number of nitrogens with one attached hydrogen (secondary N) is 1. The minimum atomic E-state index is -0.864. The van der Waals surface area contributed by atoms with Crippen LogP contribution in [0.25, 0.3) is 0 Å². The van der Waals surface area contributed by atoms with Gasteiger partial charge in [-0.25, -0.2) is 13.8 Å². The minimum Gasteiger partial charge on any atom is -0.305 e. The van der Waals surface area contributed by atoms with Gasteiger partial charge in [-0.1, -0.05) is 24.3 Å². The Balaban J connectivity index is 1.70. The molecule has 3 rings (SSSR count). The van der Waals surface area contributed by atoms with Gasteiger partial charge in [-0.3, -0.25) is 9.69 Å². The number of anilines is 2. The molecule has 0 aliphatic rings. The van der Waals surface area contributed by atoms with Crippen LogP contribution in [-0.2, 0) is 11.3 Å². The van der Waals surface area contributed by atoms with Gasteiger partial charge in [-0.2, -0.15) is 0 Å². The van der Waals surface area contributed by atoms with E-state index in [1.165, 1.54) is 24.3 Å². The van der Waals surface area contributed by atoms with Gasteiger partial charge in [-0.05, 0) is 36.8 Å². The largest absolute Gasteiger partial charge is 0.305 e. The molecule has 0 radical (unpaired) electrons. The molecule has 1 amide bonds. The topological polar surface area (TPSA) is 45.2 Å². The predicted molar refractivity (Wildman–Crippen MR) is 103 cm³/mol. The molecule has 0 spiro atoms. The third-order valence-electron chi connectivity index (χ3n) is 4.09. The molecule has 0 aliphatic carbocycles. The first-order valence-electron chi connectivity index (χ1n) is 8.44. The first kappa shape index (κ1) is 19.1. The Kier molecular flexibility index (Phi) is 5.93. The summed E-state index contributed by atoms with van der Waals surface area (Å²) in [7, 11) is 0. The van der Waals surface area contributed by atoms with E-state index in [0.717, 1.165) is 17.4 Å². The van der Waals surface area contributed by atoms with Gasteiger partial charge in [0.25, 0.3) is 0 Å². The summed E-state index contributed by atoms with van der Waals surface area (Å²) in [4.78, 5) is 18.2. The van der Waals surface area contributed by atoms with Gasteiger partial charge < -0.3 is 5.32 Å². The van der Waals surface area contributed by atoms with Crippen molar-refractivity contribution in [2.75, 3.05) is 4.90 Å². The highest BCUT2D eigenvalue weighted by molar-refractivity contribution is 7.14. The lowest BCUT2D eigenvalue weighted by molar-refractivity contribution is -0.115. The van der Waals surface area contributed by atoms with Crippen molar-refractivity contribution in [1.82, 2.24) is 10.3 Å². The van der Waals surface area contributed by atoms with Crippen molar-refractivity contribution in [1.29, 1.82) is 0 Å². The molecule has 7 heteroatoms. The Labute approximate surface area is 160 Å². The maximum Gasteiger partial charge on any atom is 0.230 e. The SMILES string of the molecule is CC(=O)N(c1ccccc1)c1nc(CN[C@@H](C)c2ccc(F)c(F)c2)cs1. The monoisotopic (exact) mass is 387 g/mol. The third-order valence-corrected chi connectivity index (χ3v) is 4.97. The zero-order valence-electron chi connectivity index (χ0n) is 14.9. The fourth-order valence-corrected chi connectivity index (χ4v) is 3.53. The molecule has 0 fully saturated rings. The van der Waals surface area contributed by atoms with Crippen LogP contribution in [0.15, 0.2) is 53.9 Å². The number of halogens is 2. The number of hydrogen-bond acceptors (Lipinski definition) is 4. The van der Waals surface area contributed by atoms with Gasteiger partial charge in [0.1, 0.15) is 0 Å². The first-order valence-corrected chi connectivity index (χ1v) is 9.32. The summed E-state index contributed by atoms with van der Waals surface area (Å²) < 4.78 is 26.4. The molecule has 1 N–H and O–H groups in total. The zero-order valence-corrected chi connectivity index (χ0v) is 15.8. The highest BCUT2D eigenvalue weighted by Crippen LogP contribution is 2.29. The second kappa shape index (κ2) is 8.37. The van der Waals surface area contributed by atoms with Gasteiger partial charge in [0.15, 0.2) is 16.8 Å². The fourth-order valence-electron chi connectivity index (χ4n) is 2.64. The molecular weight excluding hydrogens is 368 g/mol. The van der Waals surface area contributed by atoms with Crippen LogP contribution in [0.3, 0.4) is 0 Å². The van der Waals surface area contributed by atoms with Crippen LogP contribution < -0.4 is 10.2 Å². The van der Waals surface area contributed by atoms with E-state index >= 15 is 0 Å². The normalized spacial score (nSPS) is 12.0. The number of rotatable bonds is 6. The number of nitrogens with zero attached hydrogens (tertiary/aromatic N) is 2. The summed E-state index contributed by atoms with van der Waals surface area (Å²) in [5.41, 5.74) is 2.18. The number of para-hydroxylation sites is 1. The summed E-state index contributed by atoms with van der Waals surface area (Å²) in [6.45, 7) is 3.81. The van der Waals surface area contributed by atoms with Crippen LogP contribution in [-0.4, -0.2) is 10.9 Å². The van der Waals surface area contributed by atoms with Crippen LogP contribution in [0.2, 0.25) is 0 Å². The highest BCUT2D eigenvalue weighted by atomic mass is 32.1. The molecule has 0 saturated carbocycles. The Morgan fingerprint density at radius 3 is 2.59 bits per heavy atom. The van der Waals surface area contributed by atoms with Crippen molar-refractivity contribution in [3.63, 3.8) is 0 Å². The molecule has 4 nitrogen and oxygen atoms in total. The molecule has 1 atom stereocenters. The summed E-state index contributed by atoms with van der Waals surface area (Å²) >= 11 is 1.38. The molecule has 0 unspecified atom stereocenters. The number of thiazole rings is 1. The molecule has 3 aromatic rings. The smallest absolute Gasteiger partial charge is 0.230 e. The second-order valence-electron chi connectivity index (χ2n) is 6.09. The van der Waals surface area contributed by atoms with Crippen LogP contribution >= 0.6 is 11.3 Å². The standard InChI is InChI=1S/C20H19F2N3OS/c1-13(15-8-9-18(21)19(22)10-15)23-11-16-12-27-20(24-16)25(14(2)26)17-6-4-3-5-7-17/h3-10,12-13,23H,11H2,1-2H3/t13-/m0/s1. The Hall–Kier alpha value is -2.64. The zero-order chi connectivity index (χ0) is 19.4. The molecule has 1 heterocycles.